The molecule has 4 N–H and O–H groups in total. The van der Waals surface area contributed by atoms with E-state index in [1.807, 2.05) is 30.3 Å². The zero-order chi connectivity index (χ0) is 13.7. The Kier molecular flexibility index (Phi) is 4.32. The van der Waals surface area contributed by atoms with Crippen LogP contribution >= 0.6 is 22.9 Å². The van der Waals surface area contributed by atoms with E-state index >= 15 is 0 Å². The van der Waals surface area contributed by atoms with Crippen molar-refractivity contribution in [3.63, 3.8) is 0 Å². The molecule has 0 bridgehead atoms. The number of nitrogens with one attached hydrogen (secondary N) is 2. The van der Waals surface area contributed by atoms with E-state index in [-0.39, 0.29) is 0 Å². The molecule has 2 rings (SSSR count). The minimum atomic E-state index is -0.737. The highest BCUT2D eigenvalue weighted by atomic mass is 35.5. The number of carbonyl (C=O) groups excluding carboxylic acids is 1. The number of primary amides is 1. The van der Waals surface area contributed by atoms with Crippen molar-refractivity contribution in [1.82, 2.24) is 10.4 Å². The SMILES string of the molecule is NC(=O)N/N=C/c1sc(Nc2ccccc2)nc1Cl. The number of aromatic nitrogens is 1. The quantitative estimate of drug-likeness (QED) is 0.598. The molecule has 98 valence electrons. The van der Waals surface area contributed by atoms with Crippen LogP contribution in [-0.2, 0) is 0 Å². The number of para-hydroxylation sites is 1. The van der Waals surface area contributed by atoms with E-state index in [4.69, 9.17) is 17.3 Å². The highest BCUT2D eigenvalue weighted by molar-refractivity contribution is 7.17. The maximum atomic E-state index is 10.5. The number of amides is 2. The molecule has 0 saturated heterocycles. The minimum Gasteiger partial charge on any atom is -0.350 e. The standard InChI is InChI=1S/C11H10ClN5OS/c12-9-8(6-14-17-10(13)18)19-11(16-9)15-7-4-2-1-3-5-7/h1-6H,(H,15,16)(H3,13,17,18)/b14-6+. The number of urea groups is 1. The zero-order valence-electron chi connectivity index (χ0n) is 9.63. The monoisotopic (exact) mass is 295 g/mol. The third kappa shape index (κ3) is 3.94. The second-order valence-electron chi connectivity index (χ2n) is 3.40. The van der Waals surface area contributed by atoms with Crippen LogP contribution in [0.1, 0.15) is 4.88 Å². The van der Waals surface area contributed by atoms with Crippen LogP contribution in [0.3, 0.4) is 0 Å². The summed E-state index contributed by atoms with van der Waals surface area (Å²) < 4.78 is 0. The van der Waals surface area contributed by atoms with Gasteiger partial charge in [-0.1, -0.05) is 41.1 Å². The summed E-state index contributed by atoms with van der Waals surface area (Å²) >= 11 is 7.26. The number of nitrogens with zero attached hydrogens (tertiary/aromatic N) is 2. The van der Waals surface area contributed by atoms with Crippen molar-refractivity contribution in [2.24, 2.45) is 10.8 Å². The Balaban J connectivity index is 2.08. The molecule has 19 heavy (non-hydrogen) atoms. The van der Waals surface area contributed by atoms with Crippen molar-refractivity contribution in [3.05, 3.63) is 40.4 Å². The predicted octanol–water partition coefficient (Wildman–Crippen LogP) is 2.54. The van der Waals surface area contributed by atoms with Crippen molar-refractivity contribution in [1.29, 1.82) is 0 Å². The van der Waals surface area contributed by atoms with E-state index in [2.05, 4.69) is 20.8 Å². The second-order valence-corrected chi connectivity index (χ2v) is 4.79. The summed E-state index contributed by atoms with van der Waals surface area (Å²) in [6.45, 7) is 0. The van der Waals surface area contributed by atoms with Crippen LogP contribution in [-0.4, -0.2) is 17.2 Å². The number of thiazole rings is 1. The molecule has 0 radical (unpaired) electrons. The Morgan fingerprint density at radius 3 is 2.84 bits per heavy atom. The molecule has 0 aliphatic heterocycles. The average Bonchev–Trinajstić information content (AvgIpc) is 2.70. The van der Waals surface area contributed by atoms with Crippen LogP contribution in [0.2, 0.25) is 5.15 Å². The number of hydrazone groups is 1. The maximum Gasteiger partial charge on any atom is 0.332 e. The van der Waals surface area contributed by atoms with Crippen LogP contribution in [0, 0.1) is 0 Å². The summed E-state index contributed by atoms with van der Waals surface area (Å²) in [5.74, 6) is 0. The maximum absolute atomic E-state index is 10.5. The number of benzene rings is 1. The van der Waals surface area contributed by atoms with Gasteiger partial charge in [-0.25, -0.2) is 15.2 Å². The van der Waals surface area contributed by atoms with Gasteiger partial charge in [0.15, 0.2) is 10.3 Å². The van der Waals surface area contributed by atoms with Crippen molar-refractivity contribution in [2.45, 2.75) is 0 Å². The normalized spacial score (nSPS) is 10.6. The molecule has 2 amide bonds. The van der Waals surface area contributed by atoms with Crippen LogP contribution in [0.15, 0.2) is 35.4 Å². The van der Waals surface area contributed by atoms with E-state index in [9.17, 15) is 4.79 Å². The lowest BCUT2D eigenvalue weighted by Crippen LogP contribution is -2.24. The molecule has 2 aromatic rings. The third-order valence-corrected chi connectivity index (χ3v) is 3.30. The fourth-order valence-electron chi connectivity index (χ4n) is 1.25. The second kappa shape index (κ2) is 6.17. The molecule has 0 atom stereocenters. The van der Waals surface area contributed by atoms with Gasteiger partial charge >= 0.3 is 6.03 Å². The summed E-state index contributed by atoms with van der Waals surface area (Å²) in [4.78, 5) is 15.2. The number of hydrogen-bond acceptors (Lipinski definition) is 5. The first kappa shape index (κ1) is 13.3. The molecule has 0 spiro atoms. The molecule has 0 aliphatic carbocycles. The van der Waals surface area contributed by atoms with Gasteiger partial charge in [-0.2, -0.15) is 5.10 Å². The first-order valence-electron chi connectivity index (χ1n) is 5.22. The molecule has 0 saturated carbocycles. The number of halogens is 1. The number of anilines is 2. The van der Waals surface area contributed by atoms with E-state index in [0.29, 0.717) is 15.2 Å². The van der Waals surface area contributed by atoms with E-state index in [0.717, 1.165) is 5.69 Å². The minimum absolute atomic E-state index is 0.304. The number of rotatable bonds is 4. The smallest absolute Gasteiger partial charge is 0.332 e. The van der Waals surface area contributed by atoms with Crippen LogP contribution in [0.5, 0.6) is 0 Å². The predicted molar refractivity (Wildman–Crippen MR) is 77.2 cm³/mol. The van der Waals surface area contributed by atoms with Crippen molar-refractivity contribution in [3.8, 4) is 0 Å². The molecule has 0 aliphatic rings. The Labute approximate surface area is 118 Å². The zero-order valence-corrected chi connectivity index (χ0v) is 11.2. The molecule has 1 aromatic carbocycles. The lowest BCUT2D eigenvalue weighted by Gasteiger charge is -1.99. The van der Waals surface area contributed by atoms with Gasteiger partial charge < -0.3 is 11.1 Å². The molecular formula is C11H10ClN5OS. The Hall–Kier alpha value is -2.12. The van der Waals surface area contributed by atoms with Gasteiger partial charge in [0.25, 0.3) is 0 Å². The lowest BCUT2D eigenvalue weighted by molar-refractivity contribution is 0.249. The van der Waals surface area contributed by atoms with Crippen LogP contribution < -0.4 is 16.5 Å². The highest BCUT2D eigenvalue weighted by Crippen LogP contribution is 2.27. The van der Waals surface area contributed by atoms with E-state index in [1.165, 1.54) is 17.6 Å². The molecule has 0 unspecified atom stereocenters. The van der Waals surface area contributed by atoms with Gasteiger partial charge in [-0.05, 0) is 12.1 Å². The largest absolute Gasteiger partial charge is 0.350 e. The van der Waals surface area contributed by atoms with E-state index < -0.39 is 6.03 Å². The summed E-state index contributed by atoms with van der Waals surface area (Å²) in [6, 6.07) is 8.84. The molecule has 0 fully saturated rings. The molecule has 8 heteroatoms. The summed E-state index contributed by atoms with van der Waals surface area (Å²) in [7, 11) is 0. The number of carbonyl (C=O) groups is 1. The Morgan fingerprint density at radius 2 is 2.16 bits per heavy atom. The number of hydrogen-bond donors (Lipinski definition) is 3. The Morgan fingerprint density at radius 1 is 1.42 bits per heavy atom. The van der Waals surface area contributed by atoms with Gasteiger partial charge in [0.05, 0.1) is 11.1 Å². The topological polar surface area (TPSA) is 92.4 Å². The average molecular weight is 296 g/mol. The molecular weight excluding hydrogens is 286 g/mol. The Bertz CT molecular complexity index is 598. The van der Waals surface area contributed by atoms with Crippen molar-refractivity contribution >= 4 is 46.0 Å². The molecule has 1 aromatic heterocycles. The number of nitrogens with two attached hydrogens (primary N) is 1. The third-order valence-electron chi connectivity index (χ3n) is 1.99. The molecule has 6 nitrogen and oxygen atoms in total. The van der Waals surface area contributed by atoms with Gasteiger partial charge in [-0.15, -0.1) is 0 Å². The first-order valence-corrected chi connectivity index (χ1v) is 6.41. The van der Waals surface area contributed by atoms with Crippen molar-refractivity contribution in [2.75, 3.05) is 5.32 Å². The van der Waals surface area contributed by atoms with Gasteiger partial charge in [0.1, 0.15) is 0 Å². The first-order chi connectivity index (χ1) is 9.15. The lowest BCUT2D eigenvalue weighted by atomic mass is 10.3. The molecule has 1 heterocycles. The van der Waals surface area contributed by atoms with Crippen LogP contribution in [0.25, 0.3) is 0 Å². The summed E-state index contributed by atoms with van der Waals surface area (Å²) in [6.07, 6.45) is 1.39. The van der Waals surface area contributed by atoms with Gasteiger partial charge in [-0.3, -0.25) is 0 Å². The van der Waals surface area contributed by atoms with Gasteiger partial charge in [0, 0.05) is 5.69 Å². The fourth-order valence-corrected chi connectivity index (χ4v) is 2.29. The van der Waals surface area contributed by atoms with Crippen LogP contribution in [0.4, 0.5) is 15.6 Å². The fraction of sp³-hybridized carbons (Fsp3) is 0. The highest BCUT2D eigenvalue weighted by Gasteiger charge is 2.07. The van der Waals surface area contributed by atoms with Crippen molar-refractivity contribution < 1.29 is 4.79 Å². The van der Waals surface area contributed by atoms with E-state index in [1.54, 1.807) is 0 Å². The van der Waals surface area contributed by atoms with Gasteiger partial charge in [0.2, 0.25) is 0 Å². The summed E-state index contributed by atoms with van der Waals surface area (Å²) in [5, 5.41) is 7.68. The summed E-state index contributed by atoms with van der Waals surface area (Å²) in [5.41, 5.74) is 7.88.